The molecule has 9 heteroatoms. The van der Waals surface area contributed by atoms with Crippen LogP contribution >= 0.6 is 11.6 Å². The van der Waals surface area contributed by atoms with Crippen LogP contribution < -0.4 is 20.2 Å². The Hall–Kier alpha value is -3.13. The van der Waals surface area contributed by atoms with Gasteiger partial charge < -0.3 is 14.8 Å². The van der Waals surface area contributed by atoms with Gasteiger partial charge in [-0.25, -0.2) is 9.82 Å². The zero-order valence-electron chi connectivity index (χ0n) is 14.6. The molecule has 7 nitrogen and oxygen atoms in total. The van der Waals surface area contributed by atoms with Gasteiger partial charge in [0.25, 0.3) is 11.8 Å². The summed E-state index contributed by atoms with van der Waals surface area (Å²) >= 11 is 5.84. The molecule has 0 aliphatic rings. The number of rotatable bonds is 7. The molecule has 0 bridgehead atoms. The highest BCUT2D eigenvalue weighted by Crippen LogP contribution is 2.27. The third kappa shape index (κ3) is 5.42. The lowest BCUT2D eigenvalue weighted by Crippen LogP contribution is -2.34. The molecular weight excluding hydrogens is 377 g/mol. The molecule has 0 saturated heterocycles. The number of nitrogens with zero attached hydrogens (tertiary/aromatic N) is 1. The molecule has 0 aromatic heterocycles. The largest absolute Gasteiger partial charge is 0.493 e. The molecule has 2 rings (SSSR count). The van der Waals surface area contributed by atoms with E-state index >= 15 is 0 Å². The summed E-state index contributed by atoms with van der Waals surface area (Å²) in [5.74, 6) is -0.768. The first-order valence-corrected chi connectivity index (χ1v) is 8.10. The van der Waals surface area contributed by atoms with Gasteiger partial charge in [0.15, 0.2) is 11.5 Å². The van der Waals surface area contributed by atoms with Crippen molar-refractivity contribution in [3.63, 3.8) is 0 Å². The molecular formula is C18H17ClFN3O4. The van der Waals surface area contributed by atoms with Crippen LogP contribution in [-0.4, -0.2) is 38.8 Å². The van der Waals surface area contributed by atoms with Crippen LogP contribution in [-0.2, 0) is 4.79 Å². The highest BCUT2D eigenvalue weighted by molar-refractivity contribution is 6.33. The van der Waals surface area contributed by atoms with E-state index in [1.54, 1.807) is 6.07 Å². The summed E-state index contributed by atoms with van der Waals surface area (Å²) in [5, 5.41) is 6.23. The first kappa shape index (κ1) is 20.2. The number of methoxy groups -OCH3 is 2. The van der Waals surface area contributed by atoms with Gasteiger partial charge >= 0.3 is 0 Å². The number of benzene rings is 2. The first-order chi connectivity index (χ1) is 13.0. The third-order valence-electron chi connectivity index (χ3n) is 3.44. The molecule has 2 aromatic rings. The molecule has 0 radical (unpaired) electrons. The number of carbonyl (C=O) groups excluding carboxylic acids is 2. The maximum Gasteiger partial charge on any atom is 0.259 e. The van der Waals surface area contributed by atoms with Crippen LogP contribution in [0.25, 0.3) is 0 Å². The van der Waals surface area contributed by atoms with Crippen LogP contribution in [0, 0.1) is 5.82 Å². The smallest absolute Gasteiger partial charge is 0.259 e. The fourth-order valence-electron chi connectivity index (χ4n) is 2.08. The van der Waals surface area contributed by atoms with Gasteiger partial charge in [-0.2, -0.15) is 5.10 Å². The number of hydrogen-bond donors (Lipinski definition) is 2. The number of ether oxygens (including phenoxy) is 2. The predicted octanol–water partition coefficient (Wildman–Crippen LogP) is 2.38. The van der Waals surface area contributed by atoms with Crippen molar-refractivity contribution in [1.82, 2.24) is 10.7 Å². The second-order valence-electron chi connectivity index (χ2n) is 5.18. The van der Waals surface area contributed by atoms with E-state index in [2.05, 4.69) is 15.8 Å². The molecule has 142 valence electrons. The first-order valence-electron chi connectivity index (χ1n) is 7.72. The van der Waals surface area contributed by atoms with Crippen LogP contribution in [0.1, 0.15) is 15.9 Å². The second-order valence-corrected chi connectivity index (χ2v) is 5.59. The van der Waals surface area contributed by atoms with Crippen molar-refractivity contribution in [2.24, 2.45) is 5.10 Å². The lowest BCUT2D eigenvalue weighted by molar-refractivity contribution is -0.120. The molecule has 2 N–H and O–H groups in total. The van der Waals surface area contributed by atoms with E-state index in [-0.39, 0.29) is 17.1 Å². The quantitative estimate of drug-likeness (QED) is 0.558. The average Bonchev–Trinajstić information content (AvgIpc) is 2.67. The van der Waals surface area contributed by atoms with E-state index in [4.69, 9.17) is 21.1 Å². The predicted molar refractivity (Wildman–Crippen MR) is 99.0 cm³/mol. The van der Waals surface area contributed by atoms with Crippen molar-refractivity contribution in [3.05, 3.63) is 58.4 Å². The van der Waals surface area contributed by atoms with Crippen molar-refractivity contribution >= 4 is 29.6 Å². The number of hydrogen-bond acceptors (Lipinski definition) is 5. The highest BCUT2D eigenvalue weighted by atomic mass is 35.5. The summed E-state index contributed by atoms with van der Waals surface area (Å²) in [4.78, 5) is 23.9. The minimum atomic E-state index is -0.590. The van der Waals surface area contributed by atoms with Gasteiger partial charge in [-0.15, -0.1) is 0 Å². The lowest BCUT2D eigenvalue weighted by Gasteiger charge is -2.09. The molecule has 0 heterocycles. The van der Waals surface area contributed by atoms with Gasteiger partial charge in [0.1, 0.15) is 5.82 Å². The van der Waals surface area contributed by atoms with E-state index in [1.165, 1.54) is 44.6 Å². The highest BCUT2D eigenvalue weighted by Gasteiger charge is 2.12. The summed E-state index contributed by atoms with van der Waals surface area (Å²) in [6, 6.07) is 8.78. The number of nitrogens with one attached hydrogen (secondary N) is 2. The second kappa shape index (κ2) is 9.54. The van der Waals surface area contributed by atoms with Crippen molar-refractivity contribution in [2.75, 3.05) is 20.8 Å². The normalized spacial score (nSPS) is 10.5. The molecule has 27 heavy (non-hydrogen) atoms. The Balaban J connectivity index is 1.90. The molecule has 0 unspecified atom stereocenters. The van der Waals surface area contributed by atoms with Crippen molar-refractivity contribution < 1.29 is 23.5 Å². The van der Waals surface area contributed by atoms with E-state index in [9.17, 15) is 14.0 Å². The Bertz CT molecular complexity index is 853. The SMILES string of the molecule is COc1ccc(C(=O)NCC(=O)N/N=C/c2c(F)cccc2Cl)cc1OC. The van der Waals surface area contributed by atoms with Gasteiger partial charge in [-0.1, -0.05) is 17.7 Å². The summed E-state index contributed by atoms with van der Waals surface area (Å²) in [6.45, 7) is -0.324. The van der Waals surface area contributed by atoms with E-state index < -0.39 is 17.6 Å². The van der Waals surface area contributed by atoms with Gasteiger partial charge in [0, 0.05) is 11.1 Å². The Morgan fingerprint density at radius 2 is 1.93 bits per heavy atom. The van der Waals surface area contributed by atoms with Crippen LogP contribution in [0.3, 0.4) is 0 Å². The number of amides is 2. The van der Waals surface area contributed by atoms with Crippen molar-refractivity contribution in [1.29, 1.82) is 0 Å². The van der Waals surface area contributed by atoms with Crippen LogP contribution in [0.5, 0.6) is 11.5 Å². The number of halogens is 2. The molecule has 0 fully saturated rings. The van der Waals surface area contributed by atoms with E-state index in [0.717, 1.165) is 6.21 Å². The van der Waals surface area contributed by atoms with E-state index in [1.807, 2.05) is 0 Å². The molecule has 0 saturated carbocycles. The van der Waals surface area contributed by atoms with Gasteiger partial charge in [-0.3, -0.25) is 9.59 Å². The van der Waals surface area contributed by atoms with Crippen molar-refractivity contribution in [3.8, 4) is 11.5 Å². The molecule has 0 aliphatic carbocycles. The lowest BCUT2D eigenvalue weighted by atomic mass is 10.2. The average molecular weight is 394 g/mol. The molecule has 0 spiro atoms. The molecule has 2 aromatic carbocycles. The van der Waals surface area contributed by atoms with Gasteiger partial charge in [0.05, 0.1) is 32.0 Å². The molecule has 0 aliphatic heterocycles. The maximum atomic E-state index is 13.6. The Morgan fingerprint density at radius 3 is 2.59 bits per heavy atom. The van der Waals surface area contributed by atoms with Gasteiger partial charge in [-0.05, 0) is 30.3 Å². The summed E-state index contributed by atoms with van der Waals surface area (Å²) in [6.07, 6.45) is 1.09. The standard InChI is InChI=1S/C18H17ClFN3O4/c1-26-15-7-6-11(8-16(15)27-2)18(25)21-10-17(24)23-22-9-12-13(19)4-3-5-14(12)20/h3-9H,10H2,1-2H3,(H,21,25)(H,23,24)/b22-9+. The van der Waals surface area contributed by atoms with E-state index in [0.29, 0.717) is 17.1 Å². The summed E-state index contributed by atoms with van der Waals surface area (Å²) < 4.78 is 23.8. The Labute approximate surface area is 160 Å². The Morgan fingerprint density at radius 1 is 1.19 bits per heavy atom. The summed E-state index contributed by atoms with van der Waals surface area (Å²) in [5.41, 5.74) is 2.52. The minimum absolute atomic E-state index is 0.0498. The number of carbonyl (C=O) groups is 2. The fraction of sp³-hybridized carbons (Fsp3) is 0.167. The van der Waals surface area contributed by atoms with Crippen LogP contribution in [0.15, 0.2) is 41.5 Å². The Kier molecular flexibility index (Phi) is 7.13. The zero-order chi connectivity index (χ0) is 19.8. The third-order valence-corrected chi connectivity index (χ3v) is 3.77. The summed E-state index contributed by atoms with van der Waals surface area (Å²) in [7, 11) is 2.93. The fourth-order valence-corrected chi connectivity index (χ4v) is 2.29. The molecule has 0 atom stereocenters. The topological polar surface area (TPSA) is 89.0 Å². The molecule has 2 amide bonds. The van der Waals surface area contributed by atoms with Crippen molar-refractivity contribution in [2.45, 2.75) is 0 Å². The minimum Gasteiger partial charge on any atom is -0.493 e. The maximum absolute atomic E-state index is 13.6. The number of hydrazone groups is 1. The van der Waals surface area contributed by atoms with Crippen LogP contribution in [0.4, 0.5) is 4.39 Å². The van der Waals surface area contributed by atoms with Crippen LogP contribution in [0.2, 0.25) is 5.02 Å². The van der Waals surface area contributed by atoms with Gasteiger partial charge in [0.2, 0.25) is 0 Å². The monoisotopic (exact) mass is 393 g/mol. The zero-order valence-corrected chi connectivity index (χ0v) is 15.3.